The fraction of sp³-hybridized carbons (Fsp3) is 0.923. The second kappa shape index (κ2) is 6.89. The molecular formula is C13H25NO2. The van der Waals surface area contributed by atoms with Crippen LogP contribution in [0.15, 0.2) is 0 Å². The molecule has 16 heavy (non-hydrogen) atoms. The lowest BCUT2D eigenvalue weighted by Gasteiger charge is -2.28. The molecule has 94 valence electrons. The third-order valence-corrected chi connectivity index (χ3v) is 3.42. The van der Waals surface area contributed by atoms with E-state index in [0.29, 0.717) is 30.9 Å². The van der Waals surface area contributed by atoms with E-state index in [9.17, 15) is 4.79 Å². The van der Waals surface area contributed by atoms with Crippen LogP contribution in [-0.4, -0.2) is 23.7 Å². The zero-order chi connectivity index (χ0) is 12.0. The van der Waals surface area contributed by atoms with E-state index in [1.807, 2.05) is 0 Å². The van der Waals surface area contributed by atoms with Crippen molar-refractivity contribution in [2.75, 3.05) is 6.61 Å². The second-order valence-corrected chi connectivity index (χ2v) is 5.40. The summed E-state index contributed by atoms with van der Waals surface area (Å²) in [6, 6.07) is 0.350. The normalized spacial score (nSPS) is 25.8. The first-order valence-corrected chi connectivity index (χ1v) is 6.52. The highest BCUT2D eigenvalue weighted by Gasteiger charge is 2.21. The summed E-state index contributed by atoms with van der Waals surface area (Å²) >= 11 is 0. The number of amides is 1. The second-order valence-electron chi connectivity index (χ2n) is 5.40. The van der Waals surface area contributed by atoms with Crippen LogP contribution in [-0.2, 0) is 4.79 Å². The summed E-state index contributed by atoms with van der Waals surface area (Å²) in [5.41, 5.74) is 0. The van der Waals surface area contributed by atoms with Gasteiger partial charge in [-0.15, -0.1) is 0 Å². The SMILES string of the molecule is CC(C)CCC(=O)NC1CCC(CO)CC1. The van der Waals surface area contributed by atoms with Crippen molar-refractivity contribution in [2.45, 2.75) is 58.4 Å². The van der Waals surface area contributed by atoms with Gasteiger partial charge in [0.15, 0.2) is 0 Å². The molecule has 2 N–H and O–H groups in total. The molecule has 1 aliphatic rings. The number of nitrogens with one attached hydrogen (secondary N) is 1. The van der Waals surface area contributed by atoms with Gasteiger partial charge in [0.1, 0.15) is 0 Å². The molecule has 0 spiro atoms. The third-order valence-electron chi connectivity index (χ3n) is 3.42. The summed E-state index contributed by atoms with van der Waals surface area (Å²) in [6.45, 7) is 4.58. The Labute approximate surface area is 98.6 Å². The number of aliphatic hydroxyl groups is 1. The minimum absolute atomic E-state index is 0.196. The molecule has 0 saturated heterocycles. The molecule has 1 aliphatic carbocycles. The minimum atomic E-state index is 0.196. The summed E-state index contributed by atoms with van der Waals surface area (Å²) < 4.78 is 0. The van der Waals surface area contributed by atoms with E-state index in [0.717, 1.165) is 32.1 Å². The first-order chi connectivity index (χ1) is 7.61. The van der Waals surface area contributed by atoms with Gasteiger partial charge in [0.2, 0.25) is 5.91 Å². The number of hydrogen-bond acceptors (Lipinski definition) is 2. The fourth-order valence-corrected chi connectivity index (χ4v) is 2.21. The quantitative estimate of drug-likeness (QED) is 0.755. The maximum atomic E-state index is 11.6. The van der Waals surface area contributed by atoms with Gasteiger partial charge in [0.25, 0.3) is 0 Å². The molecule has 3 heteroatoms. The Morgan fingerprint density at radius 2 is 1.94 bits per heavy atom. The number of aliphatic hydroxyl groups excluding tert-OH is 1. The van der Waals surface area contributed by atoms with Gasteiger partial charge in [-0.2, -0.15) is 0 Å². The summed E-state index contributed by atoms with van der Waals surface area (Å²) in [5.74, 6) is 1.25. The number of rotatable bonds is 5. The summed E-state index contributed by atoms with van der Waals surface area (Å²) in [7, 11) is 0. The minimum Gasteiger partial charge on any atom is -0.396 e. The predicted octanol–water partition coefficient (Wildman–Crippen LogP) is 2.09. The van der Waals surface area contributed by atoms with Crippen molar-refractivity contribution in [3.63, 3.8) is 0 Å². The van der Waals surface area contributed by atoms with Crippen LogP contribution in [0.4, 0.5) is 0 Å². The van der Waals surface area contributed by atoms with Crippen LogP contribution in [0.3, 0.4) is 0 Å². The molecule has 0 aromatic heterocycles. The molecule has 0 atom stereocenters. The average Bonchev–Trinajstić information content (AvgIpc) is 2.27. The van der Waals surface area contributed by atoms with E-state index in [1.165, 1.54) is 0 Å². The van der Waals surface area contributed by atoms with Crippen molar-refractivity contribution in [2.24, 2.45) is 11.8 Å². The van der Waals surface area contributed by atoms with Crippen molar-refractivity contribution in [3.8, 4) is 0 Å². The molecule has 0 bridgehead atoms. The molecule has 0 heterocycles. The highest BCUT2D eigenvalue weighted by molar-refractivity contribution is 5.76. The first-order valence-electron chi connectivity index (χ1n) is 6.52. The van der Waals surface area contributed by atoms with E-state index < -0.39 is 0 Å². The monoisotopic (exact) mass is 227 g/mol. The van der Waals surface area contributed by atoms with Crippen molar-refractivity contribution in [1.82, 2.24) is 5.32 Å². The smallest absolute Gasteiger partial charge is 0.220 e. The predicted molar refractivity (Wildman–Crippen MR) is 65.0 cm³/mol. The van der Waals surface area contributed by atoms with Crippen LogP contribution in [0, 0.1) is 11.8 Å². The van der Waals surface area contributed by atoms with Gasteiger partial charge < -0.3 is 10.4 Å². The molecule has 1 fully saturated rings. The Balaban J connectivity index is 2.15. The Hall–Kier alpha value is -0.570. The molecule has 0 unspecified atom stereocenters. The van der Waals surface area contributed by atoms with Crippen molar-refractivity contribution >= 4 is 5.91 Å². The molecule has 0 aliphatic heterocycles. The molecule has 0 aromatic rings. The Morgan fingerprint density at radius 1 is 1.31 bits per heavy atom. The zero-order valence-corrected chi connectivity index (χ0v) is 10.5. The molecule has 0 radical (unpaired) electrons. The van der Waals surface area contributed by atoms with Gasteiger partial charge in [0.05, 0.1) is 0 Å². The number of carbonyl (C=O) groups excluding carboxylic acids is 1. The summed E-state index contributed by atoms with van der Waals surface area (Å²) in [4.78, 5) is 11.6. The van der Waals surface area contributed by atoms with Crippen LogP contribution in [0.1, 0.15) is 52.4 Å². The maximum absolute atomic E-state index is 11.6. The van der Waals surface area contributed by atoms with E-state index >= 15 is 0 Å². The Morgan fingerprint density at radius 3 is 2.44 bits per heavy atom. The zero-order valence-electron chi connectivity index (χ0n) is 10.5. The van der Waals surface area contributed by atoms with E-state index in [1.54, 1.807) is 0 Å². The molecule has 1 rings (SSSR count). The van der Waals surface area contributed by atoms with Crippen molar-refractivity contribution in [3.05, 3.63) is 0 Å². The molecule has 0 aromatic carbocycles. The topological polar surface area (TPSA) is 49.3 Å². The maximum Gasteiger partial charge on any atom is 0.220 e. The largest absolute Gasteiger partial charge is 0.396 e. The fourth-order valence-electron chi connectivity index (χ4n) is 2.21. The van der Waals surface area contributed by atoms with E-state index in [2.05, 4.69) is 19.2 Å². The van der Waals surface area contributed by atoms with Gasteiger partial charge in [-0.1, -0.05) is 13.8 Å². The van der Waals surface area contributed by atoms with Crippen molar-refractivity contribution in [1.29, 1.82) is 0 Å². The first kappa shape index (κ1) is 13.5. The van der Waals surface area contributed by atoms with Gasteiger partial charge >= 0.3 is 0 Å². The van der Waals surface area contributed by atoms with Crippen LogP contribution in [0.2, 0.25) is 0 Å². The lowest BCUT2D eigenvalue weighted by molar-refractivity contribution is -0.122. The molecule has 1 amide bonds. The van der Waals surface area contributed by atoms with Crippen molar-refractivity contribution < 1.29 is 9.90 Å². The third kappa shape index (κ3) is 4.97. The van der Waals surface area contributed by atoms with Gasteiger partial charge in [0, 0.05) is 19.1 Å². The van der Waals surface area contributed by atoms with E-state index in [-0.39, 0.29) is 5.91 Å². The van der Waals surface area contributed by atoms with E-state index in [4.69, 9.17) is 5.11 Å². The standard InChI is InChI=1S/C13H25NO2/c1-10(2)3-8-13(16)14-12-6-4-11(9-15)5-7-12/h10-12,15H,3-9H2,1-2H3,(H,14,16). The van der Waals surface area contributed by atoms with Gasteiger partial charge in [-0.25, -0.2) is 0 Å². The molecule has 1 saturated carbocycles. The van der Waals surface area contributed by atoms with Crippen LogP contribution < -0.4 is 5.32 Å². The molecule has 3 nitrogen and oxygen atoms in total. The number of carbonyl (C=O) groups is 1. The summed E-state index contributed by atoms with van der Waals surface area (Å²) in [6.07, 6.45) is 5.77. The van der Waals surface area contributed by atoms with Gasteiger partial charge in [-0.3, -0.25) is 4.79 Å². The Bertz CT molecular complexity index is 208. The lowest BCUT2D eigenvalue weighted by atomic mass is 9.86. The highest BCUT2D eigenvalue weighted by atomic mass is 16.3. The lowest BCUT2D eigenvalue weighted by Crippen LogP contribution is -2.38. The average molecular weight is 227 g/mol. The Kier molecular flexibility index (Phi) is 5.81. The molecular weight excluding hydrogens is 202 g/mol. The number of hydrogen-bond donors (Lipinski definition) is 2. The van der Waals surface area contributed by atoms with Crippen LogP contribution in [0.25, 0.3) is 0 Å². The van der Waals surface area contributed by atoms with Crippen LogP contribution in [0.5, 0.6) is 0 Å². The highest BCUT2D eigenvalue weighted by Crippen LogP contribution is 2.23. The summed E-state index contributed by atoms with van der Waals surface area (Å²) in [5, 5.41) is 12.1. The van der Waals surface area contributed by atoms with Gasteiger partial charge in [-0.05, 0) is 43.9 Å². The van der Waals surface area contributed by atoms with Crippen LogP contribution >= 0.6 is 0 Å².